The van der Waals surface area contributed by atoms with E-state index in [1.165, 1.54) is 21.7 Å². The highest BCUT2D eigenvalue weighted by Gasteiger charge is 1.97. The molecule has 0 aliphatic rings. The number of rotatable bonds is 6. The molecule has 0 saturated carbocycles. The fourth-order valence-corrected chi connectivity index (χ4v) is 2.51. The summed E-state index contributed by atoms with van der Waals surface area (Å²) < 4.78 is 0. The van der Waals surface area contributed by atoms with Gasteiger partial charge in [-0.1, -0.05) is 18.2 Å². The van der Waals surface area contributed by atoms with Gasteiger partial charge in [0.25, 0.3) is 0 Å². The number of hydrogen-bond donors (Lipinski definition) is 2. The van der Waals surface area contributed by atoms with E-state index < -0.39 is 0 Å². The molecule has 0 unspecified atom stereocenters. The van der Waals surface area contributed by atoms with Gasteiger partial charge in [-0.25, -0.2) is 0 Å². The number of hydrogen-bond acceptors (Lipinski definition) is 3. The number of nitrogens with one attached hydrogen (secondary N) is 2. The van der Waals surface area contributed by atoms with Crippen LogP contribution >= 0.6 is 11.3 Å². The highest BCUT2D eigenvalue weighted by molar-refractivity contribution is 7.09. The zero-order chi connectivity index (χ0) is 12.8. The summed E-state index contributed by atoms with van der Waals surface area (Å²) in [7, 11) is 0. The maximum atomic E-state index is 3.47. The lowest BCUT2D eigenvalue weighted by molar-refractivity contribution is 0.714. The topological polar surface area (TPSA) is 24.1 Å². The van der Waals surface area contributed by atoms with E-state index in [2.05, 4.69) is 60.2 Å². The molecule has 1 heterocycles. The van der Waals surface area contributed by atoms with Crippen molar-refractivity contribution in [3.05, 3.63) is 51.7 Å². The average molecular weight is 260 g/mol. The van der Waals surface area contributed by atoms with Crippen molar-refractivity contribution in [3.63, 3.8) is 0 Å². The van der Waals surface area contributed by atoms with Crippen molar-refractivity contribution in [1.29, 1.82) is 0 Å². The maximum Gasteiger partial charge on any atom is 0.0372 e. The van der Waals surface area contributed by atoms with Gasteiger partial charge in [0.15, 0.2) is 0 Å². The van der Waals surface area contributed by atoms with Gasteiger partial charge < -0.3 is 10.6 Å². The number of aryl methyl sites for hydroxylation is 2. The van der Waals surface area contributed by atoms with Crippen LogP contribution in [0.4, 0.5) is 5.69 Å². The van der Waals surface area contributed by atoms with Crippen molar-refractivity contribution >= 4 is 17.0 Å². The van der Waals surface area contributed by atoms with Crippen molar-refractivity contribution in [2.75, 3.05) is 18.4 Å². The molecule has 0 atom stereocenters. The molecule has 0 saturated heterocycles. The van der Waals surface area contributed by atoms with Crippen molar-refractivity contribution in [3.8, 4) is 0 Å². The Balaban J connectivity index is 1.70. The summed E-state index contributed by atoms with van der Waals surface area (Å²) in [5, 5.41) is 9.03. The minimum Gasteiger partial charge on any atom is -0.384 e. The Bertz CT molecular complexity index is 477. The van der Waals surface area contributed by atoms with Gasteiger partial charge in [-0.15, -0.1) is 11.3 Å². The fourth-order valence-electron chi connectivity index (χ4n) is 1.84. The molecule has 0 radical (unpaired) electrons. The van der Waals surface area contributed by atoms with Crippen molar-refractivity contribution in [2.45, 2.75) is 20.4 Å². The molecule has 0 amide bonds. The summed E-state index contributed by atoms with van der Waals surface area (Å²) in [6.07, 6.45) is 0. The molecule has 96 valence electrons. The van der Waals surface area contributed by atoms with E-state index in [4.69, 9.17) is 0 Å². The van der Waals surface area contributed by atoms with E-state index in [1.54, 1.807) is 11.3 Å². The molecule has 1 aromatic heterocycles. The number of anilines is 1. The van der Waals surface area contributed by atoms with Crippen LogP contribution in [0.3, 0.4) is 0 Å². The van der Waals surface area contributed by atoms with Crippen LogP contribution in [0.25, 0.3) is 0 Å². The van der Waals surface area contributed by atoms with Gasteiger partial charge in [0.1, 0.15) is 0 Å². The second-order valence-corrected chi connectivity index (χ2v) is 5.53. The van der Waals surface area contributed by atoms with Gasteiger partial charge in [-0.05, 0) is 42.5 Å². The molecule has 0 aliphatic carbocycles. The average Bonchev–Trinajstić information content (AvgIpc) is 2.86. The van der Waals surface area contributed by atoms with E-state index in [1.807, 2.05) is 0 Å². The predicted molar refractivity (Wildman–Crippen MR) is 80.4 cm³/mol. The van der Waals surface area contributed by atoms with Crippen LogP contribution in [-0.2, 0) is 6.54 Å². The van der Waals surface area contributed by atoms with Crippen molar-refractivity contribution < 1.29 is 0 Å². The fraction of sp³-hybridized carbons (Fsp3) is 0.333. The van der Waals surface area contributed by atoms with E-state index in [-0.39, 0.29) is 0 Å². The molecule has 2 nitrogen and oxygen atoms in total. The van der Waals surface area contributed by atoms with Crippen LogP contribution in [0.1, 0.15) is 16.0 Å². The smallest absolute Gasteiger partial charge is 0.0372 e. The summed E-state index contributed by atoms with van der Waals surface area (Å²) in [6, 6.07) is 10.8. The Kier molecular flexibility index (Phi) is 4.79. The Morgan fingerprint density at radius 1 is 1.11 bits per heavy atom. The minimum atomic E-state index is 0.954. The molecule has 2 rings (SSSR count). The maximum absolute atomic E-state index is 3.47. The number of thiophene rings is 1. The first-order valence-electron chi connectivity index (χ1n) is 6.30. The zero-order valence-electron chi connectivity index (χ0n) is 11.0. The molecule has 0 spiro atoms. The van der Waals surface area contributed by atoms with Crippen LogP contribution in [0.15, 0.2) is 35.7 Å². The van der Waals surface area contributed by atoms with Crippen LogP contribution in [0.5, 0.6) is 0 Å². The third-order valence-electron chi connectivity index (χ3n) is 2.89. The highest BCUT2D eigenvalue weighted by Crippen LogP contribution is 2.15. The molecule has 2 aromatic rings. The highest BCUT2D eigenvalue weighted by atomic mass is 32.1. The number of benzene rings is 1. The summed E-state index contributed by atoms with van der Waals surface area (Å²) in [4.78, 5) is 1.39. The van der Waals surface area contributed by atoms with Gasteiger partial charge in [-0.2, -0.15) is 0 Å². The zero-order valence-corrected chi connectivity index (χ0v) is 11.8. The van der Waals surface area contributed by atoms with Crippen LogP contribution in [-0.4, -0.2) is 13.1 Å². The van der Waals surface area contributed by atoms with Crippen LogP contribution < -0.4 is 10.6 Å². The van der Waals surface area contributed by atoms with E-state index in [0.717, 1.165) is 19.6 Å². The van der Waals surface area contributed by atoms with E-state index in [0.29, 0.717) is 0 Å². The summed E-state index contributed by atoms with van der Waals surface area (Å²) in [5.41, 5.74) is 3.85. The third kappa shape index (κ3) is 3.86. The lowest BCUT2D eigenvalue weighted by atomic mass is 10.1. The lowest BCUT2D eigenvalue weighted by Gasteiger charge is -2.10. The quantitative estimate of drug-likeness (QED) is 0.776. The Morgan fingerprint density at radius 2 is 2.00 bits per heavy atom. The Morgan fingerprint density at radius 3 is 2.78 bits per heavy atom. The standard InChI is InChI=1S/C15H20N2S/c1-12-5-6-13(2)15(10-12)17-8-7-16-11-14-4-3-9-18-14/h3-6,9-10,16-17H,7-8,11H2,1-2H3. The first-order valence-corrected chi connectivity index (χ1v) is 7.18. The molecule has 3 heteroatoms. The van der Waals surface area contributed by atoms with Gasteiger partial charge in [0, 0.05) is 30.2 Å². The van der Waals surface area contributed by atoms with Gasteiger partial charge in [-0.3, -0.25) is 0 Å². The summed E-state index contributed by atoms with van der Waals surface area (Å²) >= 11 is 1.80. The van der Waals surface area contributed by atoms with Crippen molar-refractivity contribution in [1.82, 2.24) is 5.32 Å². The SMILES string of the molecule is Cc1ccc(C)c(NCCNCc2cccs2)c1. The molecule has 1 aromatic carbocycles. The summed E-state index contributed by atoms with van der Waals surface area (Å²) in [5.74, 6) is 0. The minimum absolute atomic E-state index is 0.954. The molecular formula is C15H20N2S. The molecule has 18 heavy (non-hydrogen) atoms. The van der Waals surface area contributed by atoms with Gasteiger partial charge >= 0.3 is 0 Å². The van der Waals surface area contributed by atoms with Crippen LogP contribution in [0.2, 0.25) is 0 Å². The van der Waals surface area contributed by atoms with Crippen molar-refractivity contribution in [2.24, 2.45) is 0 Å². The van der Waals surface area contributed by atoms with Crippen LogP contribution in [0, 0.1) is 13.8 Å². The lowest BCUT2D eigenvalue weighted by Crippen LogP contribution is -2.21. The van der Waals surface area contributed by atoms with Gasteiger partial charge in [0.05, 0.1) is 0 Å². The Hall–Kier alpha value is -1.32. The van der Waals surface area contributed by atoms with Gasteiger partial charge in [0.2, 0.25) is 0 Å². The molecule has 0 fully saturated rings. The second-order valence-electron chi connectivity index (χ2n) is 4.50. The Labute approximate surface area is 113 Å². The third-order valence-corrected chi connectivity index (χ3v) is 3.77. The first kappa shape index (κ1) is 13.1. The summed E-state index contributed by atoms with van der Waals surface area (Å²) in [6.45, 7) is 7.16. The molecular weight excluding hydrogens is 240 g/mol. The normalized spacial score (nSPS) is 10.6. The second kappa shape index (κ2) is 6.57. The predicted octanol–water partition coefficient (Wildman–Crippen LogP) is 3.57. The molecule has 2 N–H and O–H groups in total. The molecule has 0 bridgehead atoms. The largest absolute Gasteiger partial charge is 0.384 e. The van der Waals surface area contributed by atoms with E-state index >= 15 is 0 Å². The first-order chi connectivity index (χ1) is 8.75. The van der Waals surface area contributed by atoms with E-state index in [9.17, 15) is 0 Å². The monoisotopic (exact) mass is 260 g/mol. The molecule has 0 aliphatic heterocycles.